The van der Waals surface area contributed by atoms with E-state index in [2.05, 4.69) is 20.6 Å². The monoisotopic (exact) mass is 350 g/mol. The van der Waals surface area contributed by atoms with Gasteiger partial charge in [-0.3, -0.25) is 4.79 Å². The molecule has 0 radical (unpaired) electrons. The fourth-order valence-electron chi connectivity index (χ4n) is 2.13. The molecule has 1 unspecified atom stereocenters. The number of benzene rings is 1. The van der Waals surface area contributed by atoms with Crippen LogP contribution in [0.25, 0.3) is 0 Å². The number of aromatic hydroxyl groups is 1. The number of carbonyl (C=O) groups is 1. The van der Waals surface area contributed by atoms with Crippen molar-refractivity contribution < 1.29 is 9.90 Å². The number of ketones is 1. The van der Waals surface area contributed by atoms with E-state index in [0.29, 0.717) is 33.8 Å². The topological polar surface area (TPSA) is 86.6 Å². The smallest absolute Gasteiger partial charge is 0.210 e. The van der Waals surface area contributed by atoms with Crippen molar-refractivity contribution in [2.24, 2.45) is 4.99 Å². The first-order valence-electron chi connectivity index (χ1n) is 6.76. The minimum absolute atomic E-state index is 0.134. The molecule has 3 rings (SSSR count). The van der Waals surface area contributed by atoms with Gasteiger partial charge < -0.3 is 15.7 Å². The molecule has 0 amide bonds. The predicted octanol–water partition coefficient (Wildman–Crippen LogP) is 2.72. The van der Waals surface area contributed by atoms with E-state index in [1.165, 1.54) is 18.3 Å². The summed E-state index contributed by atoms with van der Waals surface area (Å²) < 4.78 is 0. The molecule has 8 heteroatoms. The van der Waals surface area contributed by atoms with Gasteiger partial charge in [0.15, 0.2) is 11.7 Å². The molecule has 0 bridgehead atoms. The van der Waals surface area contributed by atoms with Crippen molar-refractivity contribution in [1.29, 1.82) is 0 Å². The number of halogens is 2. The van der Waals surface area contributed by atoms with Crippen LogP contribution in [-0.2, 0) is 0 Å². The molecule has 1 aliphatic rings. The van der Waals surface area contributed by atoms with Crippen LogP contribution in [0, 0.1) is 0 Å². The van der Waals surface area contributed by atoms with Gasteiger partial charge in [0.25, 0.3) is 0 Å². The van der Waals surface area contributed by atoms with Gasteiger partial charge in [0, 0.05) is 24.4 Å². The van der Waals surface area contributed by atoms with E-state index in [-0.39, 0.29) is 11.7 Å². The molecule has 6 nitrogen and oxygen atoms in total. The Labute approximate surface area is 142 Å². The molecule has 23 heavy (non-hydrogen) atoms. The Morgan fingerprint density at radius 3 is 2.65 bits per heavy atom. The van der Waals surface area contributed by atoms with Crippen molar-refractivity contribution in [3.63, 3.8) is 0 Å². The lowest BCUT2D eigenvalue weighted by molar-refractivity contribution is 0.0966. The van der Waals surface area contributed by atoms with Gasteiger partial charge in [-0.05, 0) is 18.2 Å². The van der Waals surface area contributed by atoms with E-state index in [1.54, 1.807) is 18.2 Å². The lowest BCUT2D eigenvalue weighted by Crippen LogP contribution is -2.29. The summed E-state index contributed by atoms with van der Waals surface area (Å²) in [4.78, 5) is 20.3. The number of hydrogen-bond donors (Lipinski definition) is 3. The number of carbonyl (C=O) groups excluding carboxylic acids is 1. The first-order chi connectivity index (χ1) is 11.0. The standard InChI is InChI=1S/C15H12Cl2N4O2/c16-9-2-1-3-10(17)13(9)21-15-19-7-11(20-15)14(23)8-4-5-12(22)18-6-8/h1-6,11H,7H2,(H,18,22)(H2,19,20,21). The van der Waals surface area contributed by atoms with Crippen LogP contribution in [0.5, 0.6) is 5.88 Å². The fraction of sp³-hybridized carbons (Fsp3) is 0.133. The second-order valence-corrected chi connectivity index (χ2v) is 5.68. The van der Waals surface area contributed by atoms with Crippen LogP contribution in [0.1, 0.15) is 10.4 Å². The van der Waals surface area contributed by atoms with Crippen molar-refractivity contribution in [1.82, 2.24) is 10.3 Å². The summed E-state index contributed by atoms with van der Waals surface area (Å²) in [5.74, 6) is 0.0995. The number of hydrogen-bond acceptors (Lipinski definition) is 6. The summed E-state index contributed by atoms with van der Waals surface area (Å²) in [7, 11) is 0. The lowest BCUT2D eigenvalue weighted by atomic mass is 10.1. The summed E-state index contributed by atoms with van der Waals surface area (Å²) in [6.07, 6.45) is 1.32. The van der Waals surface area contributed by atoms with Crippen molar-refractivity contribution in [3.05, 3.63) is 52.1 Å². The summed E-state index contributed by atoms with van der Waals surface area (Å²) in [5, 5.41) is 16.1. The van der Waals surface area contributed by atoms with Crippen LogP contribution in [0.3, 0.4) is 0 Å². The molecule has 1 atom stereocenters. The number of aliphatic imine (C=N–C) groups is 1. The highest BCUT2D eigenvalue weighted by Crippen LogP contribution is 2.30. The third-order valence-electron chi connectivity index (χ3n) is 3.29. The van der Waals surface area contributed by atoms with Crippen LogP contribution in [0.4, 0.5) is 5.69 Å². The highest BCUT2D eigenvalue weighted by molar-refractivity contribution is 6.39. The Kier molecular flexibility index (Phi) is 4.36. The minimum atomic E-state index is -0.579. The van der Waals surface area contributed by atoms with Crippen LogP contribution >= 0.6 is 23.2 Å². The summed E-state index contributed by atoms with van der Waals surface area (Å²) >= 11 is 12.2. The highest BCUT2D eigenvalue weighted by atomic mass is 35.5. The number of Topliss-reactive ketones (excluding diaryl/α,β-unsaturated/α-hetero) is 1. The van der Waals surface area contributed by atoms with Gasteiger partial charge in [0.2, 0.25) is 5.88 Å². The Hall–Kier alpha value is -2.31. The molecule has 3 N–H and O–H groups in total. The van der Waals surface area contributed by atoms with E-state index in [1.807, 2.05) is 0 Å². The van der Waals surface area contributed by atoms with Crippen molar-refractivity contribution in [2.75, 3.05) is 11.9 Å². The Morgan fingerprint density at radius 1 is 1.26 bits per heavy atom. The van der Waals surface area contributed by atoms with Gasteiger partial charge >= 0.3 is 0 Å². The van der Waals surface area contributed by atoms with Crippen LogP contribution in [-0.4, -0.2) is 34.4 Å². The van der Waals surface area contributed by atoms with E-state index >= 15 is 0 Å². The number of anilines is 1. The SMILES string of the molecule is O=C(c1ccc(O)nc1)C1CNC(Nc2c(Cl)cccc2Cl)=N1. The third-order valence-corrected chi connectivity index (χ3v) is 3.92. The second kappa shape index (κ2) is 6.44. The molecule has 118 valence electrons. The van der Waals surface area contributed by atoms with E-state index in [4.69, 9.17) is 28.3 Å². The number of pyridine rings is 1. The summed E-state index contributed by atoms with van der Waals surface area (Å²) in [5.41, 5.74) is 0.914. The molecule has 1 aliphatic heterocycles. The van der Waals surface area contributed by atoms with E-state index < -0.39 is 6.04 Å². The van der Waals surface area contributed by atoms with Gasteiger partial charge in [-0.1, -0.05) is 29.3 Å². The maximum Gasteiger partial charge on any atom is 0.210 e. The molecule has 0 aliphatic carbocycles. The Morgan fingerprint density at radius 2 is 2.00 bits per heavy atom. The van der Waals surface area contributed by atoms with Gasteiger partial charge in [-0.15, -0.1) is 0 Å². The maximum atomic E-state index is 12.3. The predicted molar refractivity (Wildman–Crippen MR) is 89.5 cm³/mol. The van der Waals surface area contributed by atoms with E-state index in [0.717, 1.165) is 0 Å². The van der Waals surface area contributed by atoms with Gasteiger partial charge in [-0.2, -0.15) is 0 Å². The summed E-state index contributed by atoms with van der Waals surface area (Å²) in [6.45, 7) is 0.351. The van der Waals surface area contributed by atoms with Gasteiger partial charge in [0.1, 0.15) is 6.04 Å². The van der Waals surface area contributed by atoms with Crippen molar-refractivity contribution in [3.8, 4) is 5.88 Å². The molecule has 0 saturated carbocycles. The zero-order valence-corrected chi connectivity index (χ0v) is 13.3. The number of aromatic nitrogens is 1. The molecule has 1 aromatic heterocycles. The van der Waals surface area contributed by atoms with Crippen molar-refractivity contribution >= 4 is 40.6 Å². The van der Waals surface area contributed by atoms with Crippen LogP contribution in [0.15, 0.2) is 41.5 Å². The molecular weight excluding hydrogens is 339 g/mol. The normalized spacial score (nSPS) is 16.6. The number of nitrogens with zero attached hydrogens (tertiary/aromatic N) is 2. The van der Waals surface area contributed by atoms with E-state index in [9.17, 15) is 4.79 Å². The number of rotatable bonds is 3. The number of nitrogens with one attached hydrogen (secondary N) is 2. The fourth-order valence-corrected chi connectivity index (χ4v) is 2.62. The third kappa shape index (κ3) is 3.38. The maximum absolute atomic E-state index is 12.3. The highest BCUT2D eigenvalue weighted by Gasteiger charge is 2.26. The first kappa shape index (κ1) is 15.6. The molecule has 0 saturated heterocycles. The molecule has 2 aromatic rings. The molecule has 0 fully saturated rings. The molecule has 1 aromatic carbocycles. The second-order valence-electron chi connectivity index (χ2n) is 4.87. The Balaban J connectivity index is 1.76. The molecule has 2 heterocycles. The first-order valence-corrected chi connectivity index (χ1v) is 7.52. The van der Waals surface area contributed by atoms with Gasteiger partial charge in [0.05, 0.1) is 15.7 Å². The average molecular weight is 351 g/mol. The largest absolute Gasteiger partial charge is 0.493 e. The quantitative estimate of drug-likeness (QED) is 0.741. The Bertz CT molecular complexity index is 757. The minimum Gasteiger partial charge on any atom is -0.493 e. The van der Waals surface area contributed by atoms with Crippen molar-refractivity contribution in [2.45, 2.75) is 6.04 Å². The zero-order chi connectivity index (χ0) is 16.4. The van der Waals surface area contributed by atoms with Crippen LogP contribution < -0.4 is 10.6 Å². The zero-order valence-electron chi connectivity index (χ0n) is 11.8. The average Bonchev–Trinajstić information content (AvgIpc) is 3.00. The van der Waals surface area contributed by atoms with Crippen LogP contribution in [0.2, 0.25) is 10.0 Å². The molecular formula is C15H12Cl2N4O2. The number of para-hydroxylation sites is 1. The van der Waals surface area contributed by atoms with Gasteiger partial charge in [-0.25, -0.2) is 9.98 Å². The summed E-state index contributed by atoms with van der Waals surface area (Å²) in [6, 6.07) is 7.44. The lowest BCUT2D eigenvalue weighted by Gasteiger charge is -2.09. The number of guanidine groups is 1. The molecule has 0 spiro atoms.